The number of hydrogen-bond acceptors (Lipinski definition) is 3. The Labute approximate surface area is 113 Å². The highest BCUT2D eigenvalue weighted by Crippen LogP contribution is 2.24. The molecule has 102 valence electrons. The van der Waals surface area contributed by atoms with Crippen LogP contribution in [0.25, 0.3) is 0 Å². The Morgan fingerprint density at radius 1 is 1.11 bits per heavy atom. The minimum absolute atomic E-state index is 0.115. The lowest BCUT2D eigenvalue weighted by Gasteiger charge is -2.37. The number of hydrogen-bond donors (Lipinski definition) is 2. The summed E-state index contributed by atoms with van der Waals surface area (Å²) >= 11 is 5.71. The quantitative estimate of drug-likeness (QED) is 0.893. The molecular weight excluding hydrogens is 274 g/mol. The first-order valence-corrected chi connectivity index (χ1v) is 7.34. The molecule has 0 atom stereocenters. The van der Waals surface area contributed by atoms with Gasteiger partial charge in [0.25, 0.3) is 0 Å². The van der Waals surface area contributed by atoms with Crippen LogP contribution in [-0.4, -0.2) is 24.7 Å². The van der Waals surface area contributed by atoms with Crippen LogP contribution in [0, 0.1) is 0 Å². The van der Waals surface area contributed by atoms with Crippen molar-refractivity contribution in [2.24, 2.45) is 0 Å². The van der Waals surface area contributed by atoms with Gasteiger partial charge < -0.3 is 5.11 Å². The Balaban J connectivity index is 3.07. The van der Waals surface area contributed by atoms with Crippen LogP contribution in [-0.2, 0) is 10.0 Å². The van der Waals surface area contributed by atoms with E-state index >= 15 is 0 Å². The van der Waals surface area contributed by atoms with E-state index in [1.807, 2.05) is 0 Å². The van der Waals surface area contributed by atoms with Crippen molar-refractivity contribution in [3.05, 3.63) is 29.3 Å². The summed E-state index contributed by atoms with van der Waals surface area (Å²) in [7, 11) is -3.69. The molecule has 1 aromatic rings. The second kappa shape index (κ2) is 4.81. The molecule has 0 saturated carbocycles. The molecule has 0 bridgehead atoms. The van der Waals surface area contributed by atoms with Crippen LogP contribution in [0.3, 0.4) is 0 Å². The van der Waals surface area contributed by atoms with E-state index in [9.17, 15) is 13.5 Å². The summed E-state index contributed by atoms with van der Waals surface area (Å²) in [5, 5.41) is 10.4. The average molecular weight is 292 g/mol. The lowest BCUT2D eigenvalue weighted by Crippen LogP contribution is -2.57. The molecule has 0 aliphatic heterocycles. The lowest BCUT2D eigenvalue weighted by molar-refractivity contribution is 0.00639. The van der Waals surface area contributed by atoms with Gasteiger partial charge in [-0.1, -0.05) is 11.6 Å². The van der Waals surface area contributed by atoms with Crippen molar-refractivity contribution >= 4 is 21.6 Å². The largest absolute Gasteiger partial charge is 0.389 e. The summed E-state index contributed by atoms with van der Waals surface area (Å²) < 4.78 is 26.8. The van der Waals surface area contributed by atoms with Gasteiger partial charge in [0, 0.05) is 5.02 Å². The lowest BCUT2D eigenvalue weighted by atomic mass is 9.87. The van der Waals surface area contributed by atoms with Crippen molar-refractivity contribution < 1.29 is 13.5 Å². The predicted molar refractivity (Wildman–Crippen MR) is 72.2 cm³/mol. The third-order valence-corrected chi connectivity index (χ3v) is 4.97. The minimum Gasteiger partial charge on any atom is -0.389 e. The van der Waals surface area contributed by atoms with Crippen molar-refractivity contribution in [1.82, 2.24) is 4.72 Å². The van der Waals surface area contributed by atoms with Crippen LogP contribution in [0.4, 0.5) is 0 Å². The van der Waals surface area contributed by atoms with E-state index in [0.29, 0.717) is 5.02 Å². The predicted octanol–water partition coefficient (Wildman–Crippen LogP) is 2.17. The van der Waals surface area contributed by atoms with Crippen LogP contribution in [0.1, 0.15) is 27.7 Å². The van der Waals surface area contributed by atoms with E-state index in [1.165, 1.54) is 24.3 Å². The van der Waals surface area contributed by atoms with Gasteiger partial charge in [-0.3, -0.25) is 0 Å². The topological polar surface area (TPSA) is 66.4 Å². The molecule has 0 amide bonds. The second-order valence-corrected chi connectivity index (χ2v) is 7.36. The monoisotopic (exact) mass is 291 g/mol. The number of rotatable bonds is 4. The number of aliphatic hydroxyl groups is 1. The molecule has 0 radical (unpaired) electrons. The molecule has 0 unspecified atom stereocenters. The van der Waals surface area contributed by atoms with Gasteiger partial charge in [-0.2, -0.15) is 0 Å². The van der Waals surface area contributed by atoms with Crippen LogP contribution < -0.4 is 4.72 Å². The van der Waals surface area contributed by atoms with Crippen molar-refractivity contribution in [2.45, 2.75) is 43.7 Å². The highest BCUT2D eigenvalue weighted by Gasteiger charge is 2.38. The van der Waals surface area contributed by atoms with Crippen molar-refractivity contribution in [1.29, 1.82) is 0 Å². The van der Waals surface area contributed by atoms with Crippen LogP contribution in [0.15, 0.2) is 29.2 Å². The summed E-state index contributed by atoms with van der Waals surface area (Å²) in [4.78, 5) is 0.115. The Bertz CT molecular complexity index is 515. The summed E-state index contributed by atoms with van der Waals surface area (Å²) in [6.45, 7) is 6.36. The van der Waals surface area contributed by atoms with Gasteiger partial charge in [-0.05, 0) is 52.0 Å². The Morgan fingerprint density at radius 3 is 1.94 bits per heavy atom. The molecule has 18 heavy (non-hydrogen) atoms. The highest BCUT2D eigenvalue weighted by atomic mass is 35.5. The fourth-order valence-corrected chi connectivity index (χ4v) is 2.79. The average Bonchev–Trinajstić information content (AvgIpc) is 2.14. The Kier molecular flexibility index (Phi) is 4.13. The van der Waals surface area contributed by atoms with E-state index in [1.54, 1.807) is 27.7 Å². The smallest absolute Gasteiger partial charge is 0.241 e. The van der Waals surface area contributed by atoms with Gasteiger partial charge in [-0.25, -0.2) is 13.1 Å². The maximum absolute atomic E-state index is 12.1. The molecule has 0 aliphatic carbocycles. The zero-order valence-electron chi connectivity index (χ0n) is 10.9. The molecule has 2 N–H and O–H groups in total. The minimum atomic E-state index is -3.69. The third-order valence-electron chi connectivity index (χ3n) is 3.04. The zero-order valence-corrected chi connectivity index (χ0v) is 12.4. The molecule has 1 rings (SSSR count). The number of nitrogens with one attached hydrogen (secondary N) is 1. The van der Waals surface area contributed by atoms with Gasteiger partial charge >= 0.3 is 0 Å². The van der Waals surface area contributed by atoms with Crippen LogP contribution >= 0.6 is 11.6 Å². The molecule has 4 nitrogen and oxygen atoms in total. The summed E-state index contributed by atoms with van der Waals surface area (Å²) in [6, 6.07) is 5.86. The van der Waals surface area contributed by atoms with E-state index in [-0.39, 0.29) is 4.90 Å². The fourth-order valence-electron chi connectivity index (χ4n) is 1.13. The third kappa shape index (κ3) is 3.45. The van der Waals surface area contributed by atoms with Gasteiger partial charge in [0.1, 0.15) is 0 Å². The normalized spacial score (nSPS) is 13.7. The molecule has 0 aliphatic rings. The molecular formula is C12H18ClNO3S. The number of sulfonamides is 1. The first-order chi connectivity index (χ1) is 7.96. The second-order valence-electron chi connectivity index (χ2n) is 5.24. The van der Waals surface area contributed by atoms with Gasteiger partial charge in [0.15, 0.2) is 0 Å². The first-order valence-electron chi connectivity index (χ1n) is 5.48. The molecule has 0 fully saturated rings. The SMILES string of the molecule is CC(C)(O)C(C)(C)NS(=O)(=O)c1ccc(Cl)cc1. The Hall–Kier alpha value is -0.620. The molecule has 0 spiro atoms. The van der Waals surface area contributed by atoms with Gasteiger partial charge in [0.05, 0.1) is 16.0 Å². The van der Waals surface area contributed by atoms with E-state index in [0.717, 1.165) is 0 Å². The fraction of sp³-hybridized carbons (Fsp3) is 0.500. The van der Waals surface area contributed by atoms with E-state index in [2.05, 4.69) is 4.72 Å². The maximum atomic E-state index is 12.1. The molecule has 0 heterocycles. The van der Waals surface area contributed by atoms with Crippen LogP contribution in [0.5, 0.6) is 0 Å². The standard InChI is InChI=1S/C12H18ClNO3S/c1-11(2,12(3,4)15)14-18(16,17)10-7-5-9(13)6-8-10/h5-8,14-15H,1-4H3. The summed E-state index contributed by atoms with van der Waals surface area (Å²) in [5.41, 5.74) is -2.18. The molecule has 6 heteroatoms. The van der Waals surface area contributed by atoms with E-state index in [4.69, 9.17) is 11.6 Å². The molecule has 0 saturated heterocycles. The number of benzene rings is 1. The Morgan fingerprint density at radius 2 is 1.56 bits per heavy atom. The van der Waals surface area contributed by atoms with Crippen molar-refractivity contribution in [3.63, 3.8) is 0 Å². The summed E-state index contributed by atoms with van der Waals surface area (Å²) in [5.74, 6) is 0. The first kappa shape index (κ1) is 15.4. The summed E-state index contributed by atoms with van der Waals surface area (Å²) in [6.07, 6.45) is 0. The van der Waals surface area contributed by atoms with Crippen LogP contribution in [0.2, 0.25) is 5.02 Å². The van der Waals surface area contributed by atoms with Gasteiger partial charge in [-0.15, -0.1) is 0 Å². The van der Waals surface area contributed by atoms with E-state index < -0.39 is 21.2 Å². The van der Waals surface area contributed by atoms with Crippen molar-refractivity contribution in [3.8, 4) is 0 Å². The molecule has 1 aromatic carbocycles. The maximum Gasteiger partial charge on any atom is 0.241 e. The zero-order chi connectivity index (χ0) is 14.2. The van der Waals surface area contributed by atoms with Crippen molar-refractivity contribution in [2.75, 3.05) is 0 Å². The highest BCUT2D eigenvalue weighted by molar-refractivity contribution is 7.89. The van der Waals surface area contributed by atoms with Gasteiger partial charge in [0.2, 0.25) is 10.0 Å². The molecule has 0 aromatic heterocycles. The number of halogens is 1.